The molecule has 1 heterocycles. The van der Waals surface area contributed by atoms with Gasteiger partial charge in [0.05, 0.1) is 0 Å². The van der Waals surface area contributed by atoms with E-state index < -0.39 is 0 Å². The van der Waals surface area contributed by atoms with E-state index in [1.165, 1.54) is 25.7 Å². The van der Waals surface area contributed by atoms with Gasteiger partial charge in [-0.05, 0) is 24.7 Å². The van der Waals surface area contributed by atoms with Gasteiger partial charge in [-0.2, -0.15) is 0 Å². The Morgan fingerprint density at radius 3 is 2.71 bits per heavy atom. The van der Waals surface area contributed by atoms with Crippen LogP contribution in [0, 0.1) is 5.41 Å². The van der Waals surface area contributed by atoms with Gasteiger partial charge >= 0.3 is 0 Å². The Bertz CT molecular complexity index is 327. The number of fused-ring (bicyclic) bond motifs is 1. The average molecular weight is 269 g/mol. The lowest BCUT2D eigenvalue weighted by Gasteiger charge is -2.46. The van der Waals surface area contributed by atoms with Gasteiger partial charge in [-0.3, -0.25) is 0 Å². The molecular weight excluding hydrogens is 245 g/mol. The molecule has 2 unspecified atom stereocenters. The van der Waals surface area contributed by atoms with E-state index in [9.17, 15) is 0 Å². The van der Waals surface area contributed by atoms with Gasteiger partial charge in [0.1, 0.15) is 12.2 Å². The Morgan fingerprint density at radius 2 is 2.06 bits per heavy atom. The molecule has 0 aromatic carbocycles. The zero-order valence-electron chi connectivity index (χ0n) is 11.7. The topological polar surface area (TPSA) is 3.24 Å². The first-order valence-corrected chi connectivity index (χ1v) is 7.97. The molecule has 0 N–H and O–H groups in total. The highest BCUT2D eigenvalue weighted by atomic mass is 32.2. The average Bonchev–Trinajstić information content (AvgIpc) is 2.43. The van der Waals surface area contributed by atoms with Crippen molar-refractivity contribution in [1.29, 1.82) is 0 Å². The molecule has 0 spiro atoms. The Kier molecular flexibility index (Phi) is 3.59. The molecule has 0 radical (unpaired) electrons. The van der Waals surface area contributed by atoms with Gasteiger partial charge in [0.15, 0.2) is 0 Å². The van der Waals surface area contributed by atoms with Crippen LogP contribution in [0.1, 0.15) is 46.5 Å². The molecule has 96 valence electrons. The highest BCUT2D eigenvalue weighted by Gasteiger charge is 2.45. The fraction of sp³-hybridized carbons (Fsp3) is 0.923. The van der Waals surface area contributed by atoms with E-state index in [-0.39, 0.29) is 0 Å². The Hall–Kier alpha value is 0.305. The zero-order chi connectivity index (χ0) is 12.8. The smallest absolute Gasteiger partial charge is 0.136 e. The predicted octanol–water partition coefficient (Wildman–Crippen LogP) is 3.10. The van der Waals surface area contributed by atoms with Crippen LogP contribution in [0.4, 0.5) is 0 Å². The summed E-state index contributed by atoms with van der Waals surface area (Å²) >= 11 is 7.41. The quantitative estimate of drug-likeness (QED) is 0.491. The standard InChI is InChI=1S/C13H24BNS2/c1-12(2)7-5-6-9-10(8-13(12,3)14)17-11(16)15(9)4/h9-10H,5-8,14H2,1-4H3/t9?,10?,13-/m0/s1. The molecule has 3 atom stereocenters. The lowest BCUT2D eigenvalue weighted by atomic mass is 9.50. The van der Waals surface area contributed by atoms with Crippen molar-refractivity contribution >= 4 is 36.1 Å². The fourth-order valence-electron chi connectivity index (χ4n) is 3.10. The highest BCUT2D eigenvalue weighted by molar-refractivity contribution is 8.23. The molecule has 2 rings (SSSR count). The predicted molar refractivity (Wildman–Crippen MR) is 84.7 cm³/mol. The first-order chi connectivity index (χ1) is 7.74. The summed E-state index contributed by atoms with van der Waals surface area (Å²) < 4.78 is 1.11. The zero-order valence-corrected chi connectivity index (χ0v) is 13.4. The van der Waals surface area contributed by atoms with Crippen molar-refractivity contribution in [2.24, 2.45) is 5.41 Å². The summed E-state index contributed by atoms with van der Waals surface area (Å²) in [6, 6.07) is 0.683. The van der Waals surface area contributed by atoms with E-state index in [0.29, 0.717) is 22.0 Å². The molecule has 2 fully saturated rings. The van der Waals surface area contributed by atoms with Gasteiger partial charge in [-0.15, -0.1) is 0 Å². The van der Waals surface area contributed by atoms with Crippen molar-refractivity contribution in [3.05, 3.63) is 0 Å². The number of thiocarbonyl (C=S) groups is 1. The van der Waals surface area contributed by atoms with Gasteiger partial charge in [-0.1, -0.05) is 56.5 Å². The van der Waals surface area contributed by atoms with E-state index >= 15 is 0 Å². The van der Waals surface area contributed by atoms with Crippen molar-refractivity contribution in [1.82, 2.24) is 4.90 Å². The van der Waals surface area contributed by atoms with Crippen LogP contribution in [0.25, 0.3) is 0 Å². The lowest BCUT2D eigenvalue weighted by molar-refractivity contribution is 0.172. The molecule has 2 aliphatic rings. The third-order valence-corrected chi connectivity index (χ3v) is 7.16. The summed E-state index contributed by atoms with van der Waals surface area (Å²) in [5.74, 6) is 0. The molecule has 17 heavy (non-hydrogen) atoms. The number of rotatable bonds is 0. The van der Waals surface area contributed by atoms with Crippen LogP contribution in [-0.2, 0) is 0 Å². The number of thioether (sulfide) groups is 1. The van der Waals surface area contributed by atoms with E-state index in [4.69, 9.17) is 12.2 Å². The molecule has 1 aliphatic heterocycles. The number of nitrogens with zero attached hydrogens (tertiary/aromatic N) is 1. The molecule has 4 heteroatoms. The summed E-state index contributed by atoms with van der Waals surface area (Å²) in [4.78, 5) is 2.35. The monoisotopic (exact) mass is 269 g/mol. The number of hydrogen-bond acceptors (Lipinski definition) is 2. The lowest BCUT2D eigenvalue weighted by Crippen LogP contribution is -2.40. The van der Waals surface area contributed by atoms with Crippen LogP contribution in [0.3, 0.4) is 0 Å². The maximum absolute atomic E-state index is 5.47. The molecule has 1 nitrogen and oxygen atoms in total. The Morgan fingerprint density at radius 1 is 1.41 bits per heavy atom. The minimum absolute atomic E-state index is 0.407. The molecule has 1 saturated heterocycles. The highest BCUT2D eigenvalue weighted by Crippen LogP contribution is 2.54. The van der Waals surface area contributed by atoms with Crippen molar-refractivity contribution in [2.75, 3.05) is 7.05 Å². The maximum Gasteiger partial charge on any atom is 0.136 e. The molecular formula is C13H24BNS2. The summed E-state index contributed by atoms with van der Waals surface area (Å²) in [6.07, 6.45) is 5.28. The Labute approximate surface area is 117 Å². The van der Waals surface area contributed by atoms with Crippen LogP contribution < -0.4 is 0 Å². The molecule has 1 saturated carbocycles. The Balaban J connectivity index is 2.22. The normalized spacial score (nSPS) is 41.9. The summed E-state index contributed by atoms with van der Waals surface area (Å²) in [7, 11) is 4.62. The van der Waals surface area contributed by atoms with Crippen molar-refractivity contribution < 1.29 is 0 Å². The second-order valence-corrected chi connectivity index (χ2v) is 8.84. The number of hydrogen-bond donors (Lipinski definition) is 0. The minimum Gasteiger partial charge on any atom is -0.356 e. The second-order valence-electron chi connectivity index (χ2n) is 6.96. The van der Waals surface area contributed by atoms with Crippen molar-refractivity contribution in [3.63, 3.8) is 0 Å². The van der Waals surface area contributed by atoms with Crippen LogP contribution in [0.5, 0.6) is 0 Å². The molecule has 0 aromatic rings. The largest absolute Gasteiger partial charge is 0.356 e. The first kappa shape index (κ1) is 13.7. The third-order valence-electron chi connectivity index (χ3n) is 5.31. The van der Waals surface area contributed by atoms with E-state index in [1.807, 2.05) is 11.8 Å². The fourth-order valence-corrected chi connectivity index (χ4v) is 5.15. The van der Waals surface area contributed by atoms with E-state index in [1.54, 1.807) is 0 Å². The third kappa shape index (κ3) is 2.40. The molecule has 0 bridgehead atoms. The van der Waals surface area contributed by atoms with Crippen molar-refractivity contribution in [2.45, 2.75) is 63.1 Å². The molecule has 0 amide bonds. The van der Waals surface area contributed by atoms with Crippen LogP contribution in [0.15, 0.2) is 0 Å². The van der Waals surface area contributed by atoms with E-state index in [0.717, 1.165) is 4.32 Å². The van der Waals surface area contributed by atoms with Gasteiger partial charge in [0.2, 0.25) is 0 Å². The van der Waals surface area contributed by atoms with E-state index in [2.05, 4.69) is 40.6 Å². The molecule has 1 aliphatic carbocycles. The summed E-state index contributed by atoms with van der Waals surface area (Å²) in [6.45, 7) is 7.32. The van der Waals surface area contributed by atoms with Crippen LogP contribution in [0.2, 0.25) is 5.31 Å². The second kappa shape index (κ2) is 4.45. The first-order valence-electron chi connectivity index (χ1n) is 6.68. The SMILES string of the molecule is B[C@@]1(C)CC2SC(=S)N(C)C2CCCC1(C)C. The summed E-state index contributed by atoms with van der Waals surface area (Å²) in [5.41, 5.74) is 0.446. The van der Waals surface area contributed by atoms with Crippen LogP contribution >= 0.6 is 24.0 Å². The van der Waals surface area contributed by atoms with Crippen molar-refractivity contribution in [3.8, 4) is 0 Å². The van der Waals surface area contributed by atoms with Gasteiger partial charge in [0, 0.05) is 18.3 Å². The van der Waals surface area contributed by atoms with Gasteiger partial charge < -0.3 is 4.90 Å². The maximum atomic E-state index is 5.47. The molecule has 0 aromatic heterocycles. The van der Waals surface area contributed by atoms with Gasteiger partial charge in [0.25, 0.3) is 0 Å². The van der Waals surface area contributed by atoms with Gasteiger partial charge in [-0.25, -0.2) is 0 Å². The minimum atomic E-state index is 0.407. The summed E-state index contributed by atoms with van der Waals surface area (Å²) in [5, 5.41) is 1.12. The van der Waals surface area contributed by atoms with Crippen LogP contribution in [-0.4, -0.2) is 35.4 Å².